The van der Waals surface area contributed by atoms with Crippen molar-refractivity contribution in [3.8, 4) is 0 Å². The SMILES string of the molecule is O=C([O-])c1ccccc1Cl.O=C([O-])c1ccccc1Cl.O=C([P+](c1ccccc1)(c1ccccc1)c1ccccc1)[P+](c1ccccc1)(c1ccccc1)c1ccccc1.[Ru+2]. The van der Waals surface area contributed by atoms with Crippen molar-refractivity contribution < 1.29 is 44.1 Å². The normalized spacial score (nSPS) is 10.7. The summed E-state index contributed by atoms with van der Waals surface area (Å²) in [7, 11) is -5.70. The Morgan fingerprint density at radius 3 is 0.656 bits per heavy atom. The Bertz CT molecular complexity index is 2260. The first kappa shape index (κ1) is 46.5. The molecule has 61 heavy (non-hydrogen) atoms. The van der Waals surface area contributed by atoms with Crippen molar-refractivity contribution in [2.24, 2.45) is 0 Å². The van der Waals surface area contributed by atoms with Gasteiger partial charge in [0.2, 0.25) is 14.5 Å². The van der Waals surface area contributed by atoms with Crippen LogP contribution in [-0.4, -0.2) is 17.2 Å². The summed E-state index contributed by atoms with van der Waals surface area (Å²) in [5.41, 5.74) is 0.0633. The smallest absolute Gasteiger partial charge is 0.545 e. The van der Waals surface area contributed by atoms with Gasteiger partial charge in [-0.05, 0) is 84.9 Å². The molecule has 0 unspecified atom stereocenters. The molecule has 0 aliphatic heterocycles. The number of hydrogen-bond donors (Lipinski definition) is 0. The summed E-state index contributed by atoms with van der Waals surface area (Å²) < 4.78 is 0. The van der Waals surface area contributed by atoms with E-state index in [-0.39, 0.29) is 40.7 Å². The number of hydrogen-bond acceptors (Lipinski definition) is 5. The van der Waals surface area contributed by atoms with E-state index in [1.807, 2.05) is 36.4 Å². The number of carbonyl (C=O) groups is 3. The monoisotopic (exact) mass is 964 g/mol. The topological polar surface area (TPSA) is 97.3 Å². The van der Waals surface area contributed by atoms with E-state index < -0.39 is 26.5 Å². The van der Waals surface area contributed by atoms with Crippen LogP contribution in [0.5, 0.6) is 0 Å². The zero-order valence-electron chi connectivity index (χ0n) is 32.5. The van der Waals surface area contributed by atoms with Gasteiger partial charge in [-0.1, -0.05) is 169 Å². The first-order chi connectivity index (χ1) is 29.2. The van der Waals surface area contributed by atoms with E-state index >= 15 is 4.79 Å². The molecular formula is C51H38Cl2O5P2Ru+2. The van der Waals surface area contributed by atoms with Crippen molar-refractivity contribution in [1.82, 2.24) is 0 Å². The van der Waals surface area contributed by atoms with E-state index in [0.29, 0.717) is 5.27 Å². The van der Waals surface area contributed by atoms with Crippen LogP contribution in [0, 0.1) is 0 Å². The molecule has 10 heteroatoms. The Morgan fingerprint density at radius 1 is 0.311 bits per heavy atom. The standard InChI is InChI=1S/C37H30OP2.2C7H5ClO2.Ru/c38-37(39(31-19-7-1-8-20-31,32-21-9-2-10-22-32)33-23-11-3-12-24-33)40(34-25-13-4-14-26-34,35-27-15-5-16-28-35)36-29-17-6-18-30-36;2*8-6-4-2-1-3-5(6)7(9)10;/h1-30H;2*1-4H,(H,9,10);/q+2;;;+2/p-2. The van der Waals surface area contributed by atoms with Gasteiger partial charge in [0.15, 0.2) is 0 Å². The number of carboxylic acids is 2. The number of carboxylic acid groups (broad SMARTS) is 2. The van der Waals surface area contributed by atoms with Gasteiger partial charge in [0.25, 0.3) is 0 Å². The molecule has 302 valence electrons. The van der Waals surface area contributed by atoms with Gasteiger partial charge in [0, 0.05) is 21.2 Å². The molecule has 8 rings (SSSR count). The van der Waals surface area contributed by atoms with Crippen molar-refractivity contribution in [2.45, 2.75) is 0 Å². The molecule has 0 fully saturated rings. The van der Waals surface area contributed by atoms with Crippen LogP contribution in [0.25, 0.3) is 0 Å². The van der Waals surface area contributed by atoms with Crippen LogP contribution in [-0.2, 0) is 19.5 Å². The number of benzene rings is 8. The number of carbonyl (C=O) groups excluding carboxylic acids is 3. The molecule has 0 aromatic heterocycles. The molecule has 0 spiro atoms. The Morgan fingerprint density at radius 2 is 0.492 bits per heavy atom. The minimum Gasteiger partial charge on any atom is -0.545 e. The molecule has 0 saturated carbocycles. The van der Waals surface area contributed by atoms with Crippen LogP contribution in [0.4, 0.5) is 4.79 Å². The number of rotatable bonds is 10. The predicted molar refractivity (Wildman–Crippen MR) is 247 cm³/mol. The predicted octanol–water partition coefficient (Wildman–Crippen LogP) is 8.50. The average Bonchev–Trinajstić information content (AvgIpc) is 3.30. The summed E-state index contributed by atoms with van der Waals surface area (Å²) in [5, 5.41) is 27.6. The van der Waals surface area contributed by atoms with E-state index in [9.17, 15) is 19.8 Å². The van der Waals surface area contributed by atoms with Gasteiger partial charge in [0.1, 0.15) is 31.8 Å². The number of aromatic carboxylic acids is 2. The zero-order valence-corrected chi connectivity index (χ0v) is 37.5. The van der Waals surface area contributed by atoms with E-state index in [1.165, 1.54) is 24.3 Å². The van der Waals surface area contributed by atoms with Crippen molar-refractivity contribution in [1.29, 1.82) is 0 Å². The summed E-state index contributed by atoms with van der Waals surface area (Å²) >= 11 is 11.0. The zero-order chi connectivity index (χ0) is 42.4. The molecule has 0 bridgehead atoms. The average molecular weight is 965 g/mol. The molecule has 0 aliphatic carbocycles. The third kappa shape index (κ3) is 10.3. The third-order valence-electron chi connectivity index (χ3n) is 9.62. The quantitative estimate of drug-likeness (QED) is 0.101. The second-order valence-electron chi connectivity index (χ2n) is 13.2. The van der Waals surface area contributed by atoms with Crippen molar-refractivity contribution >= 4 is 86.8 Å². The fourth-order valence-corrected chi connectivity index (χ4v) is 18.1. The molecular weight excluding hydrogens is 926 g/mol. The Balaban J connectivity index is 0.000000275. The maximum absolute atomic E-state index is 16.4. The van der Waals surface area contributed by atoms with Gasteiger partial charge in [-0.15, -0.1) is 0 Å². The second-order valence-corrected chi connectivity index (χ2v) is 20.9. The summed E-state index contributed by atoms with van der Waals surface area (Å²) in [6, 6.07) is 75.2. The van der Waals surface area contributed by atoms with Gasteiger partial charge in [-0.25, -0.2) is 4.79 Å². The van der Waals surface area contributed by atoms with Crippen molar-refractivity contribution in [3.05, 3.63) is 252 Å². The fraction of sp³-hybridized carbons (Fsp3) is 0. The van der Waals surface area contributed by atoms with Gasteiger partial charge in [-0.2, -0.15) is 0 Å². The molecule has 0 atom stereocenters. The molecule has 0 aliphatic rings. The summed E-state index contributed by atoms with van der Waals surface area (Å²) in [6.07, 6.45) is 0. The Kier molecular flexibility index (Phi) is 17.0. The summed E-state index contributed by atoms with van der Waals surface area (Å²) in [5.74, 6) is -2.49. The van der Waals surface area contributed by atoms with Crippen LogP contribution in [0.15, 0.2) is 231 Å². The van der Waals surface area contributed by atoms with Crippen LogP contribution in [0.3, 0.4) is 0 Å². The molecule has 0 heterocycles. The molecule has 0 saturated heterocycles. The van der Waals surface area contributed by atoms with E-state index in [1.54, 1.807) is 24.3 Å². The Labute approximate surface area is 380 Å². The minimum absolute atomic E-state index is 0. The first-order valence-corrected chi connectivity index (χ1v) is 23.1. The molecule has 0 radical (unpaired) electrons. The largest absolute Gasteiger partial charge is 2.00 e. The number of halogens is 2. The summed E-state index contributed by atoms with van der Waals surface area (Å²) in [4.78, 5) is 36.8. The van der Waals surface area contributed by atoms with Crippen molar-refractivity contribution in [3.63, 3.8) is 0 Å². The van der Waals surface area contributed by atoms with Gasteiger partial charge < -0.3 is 19.8 Å². The van der Waals surface area contributed by atoms with Crippen molar-refractivity contribution in [2.75, 3.05) is 0 Å². The molecule has 0 amide bonds. The van der Waals surface area contributed by atoms with Crippen LogP contribution >= 0.6 is 37.7 Å². The molecule has 0 N–H and O–H groups in total. The van der Waals surface area contributed by atoms with Crippen LogP contribution < -0.4 is 42.0 Å². The summed E-state index contributed by atoms with van der Waals surface area (Å²) in [6.45, 7) is 0. The molecule has 5 nitrogen and oxygen atoms in total. The fourth-order valence-electron chi connectivity index (χ4n) is 6.95. The molecule has 8 aromatic carbocycles. The maximum Gasteiger partial charge on any atom is 2.00 e. The third-order valence-corrected chi connectivity index (χ3v) is 19.7. The van der Waals surface area contributed by atoms with Crippen LogP contribution in [0.2, 0.25) is 10.0 Å². The minimum atomic E-state index is -2.85. The second kappa shape index (κ2) is 22.3. The van der Waals surface area contributed by atoms with Gasteiger partial charge >= 0.3 is 24.7 Å². The van der Waals surface area contributed by atoms with Gasteiger partial charge in [0.05, 0.1) is 11.9 Å². The first-order valence-electron chi connectivity index (χ1n) is 18.8. The maximum atomic E-state index is 16.4. The van der Waals surface area contributed by atoms with E-state index in [4.69, 9.17) is 23.2 Å². The van der Waals surface area contributed by atoms with Gasteiger partial charge in [-0.3, -0.25) is 0 Å². The van der Waals surface area contributed by atoms with E-state index in [2.05, 4.69) is 146 Å². The van der Waals surface area contributed by atoms with E-state index in [0.717, 1.165) is 31.8 Å². The Hall–Kier alpha value is -5.57. The van der Waals surface area contributed by atoms with Crippen LogP contribution in [0.1, 0.15) is 20.7 Å². The molecule has 8 aromatic rings.